The van der Waals surface area contributed by atoms with E-state index in [1.807, 2.05) is 0 Å². The topological polar surface area (TPSA) is 314 Å². The molecule has 0 spiro atoms. The van der Waals surface area contributed by atoms with Crippen LogP contribution in [0.15, 0.2) is 72.8 Å². The molecule has 6 rings (SSSR count). The molecule has 2 unspecified atom stereocenters. The van der Waals surface area contributed by atoms with Crippen molar-refractivity contribution >= 4 is 79.5 Å². The van der Waals surface area contributed by atoms with Crippen LogP contribution in [0.4, 0.5) is 11.4 Å². The number of benzene rings is 3. The van der Waals surface area contributed by atoms with Crippen LogP contribution in [-0.4, -0.2) is 111 Å². The third-order valence-electron chi connectivity index (χ3n) is 9.44. The molecule has 0 saturated carbocycles. The third kappa shape index (κ3) is 10.1. The summed E-state index contributed by atoms with van der Waals surface area (Å²) < 4.78 is 0. The van der Waals surface area contributed by atoms with Crippen molar-refractivity contribution in [2.75, 3.05) is 36.8 Å². The highest BCUT2D eigenvalue weighted by Gasteiger charge is 2.20. The molecule has 6 amide bonds. The van der Waals surface area contributed by atoms with E-state index >= 15 is 0 Å². The number of aliphatic hydroxyl groups is 2. The lowest BCUT2D eigenvalue weighted by Crippen LogP contribution is -2.48. The molecule has 3 heterocycles. The first-order valence-electron chi connectivity index (χ1n) is 18.7. The molecule has 3 aromatic carbocycles. The first kappa shape index (κ1) is 41.6. The minimum atomic E-state index is -1.07. The van der Waals surface area contributed by atoms with Gasteiger partial charge < -0.3 is 68.5 Å². The van der Waals surface area contributed by atoms with Crippen molar-refractivity contribution in [3.63, 3.8) is 0 Å². The molecule has 15 N–H and O–H groups in total. The van der Waals surface area contributed by atoms with E-state index in [1.54, 1.807) is 72.8 Å². The Labute approximate surface area is 336 Å². The predicted octanol–water partition coefficient (Wildman–Crippen LogP) is 0.743. The van der Waals surface area contributed by atoms with Crippen molar-refractivity contribution in [2.24, 2.45) is 11.5 Å². The number of hydrogen-bond acceptors (Lipinski definition) is 10. The summed E-state index contributed by atoms with van der Waals surface area (Å²) in [6.07, 6.45) is -2.01. The van der Waals surface area contributed by atoms with Crippen molar-refractivity contribution < 1.29 is 39.0 Å². The van der Waals surface area contributed by atoms with Crippen molar-refractivity contribution in [1.29, 1.82) is 0 Å². The van der Waals surface area contributed by atoms with Gasteiger partial charge in [-0.15, -0.1) is 0 Å². The Kier molecular flexibility index (Phi) is 12.7. The number of aliphatic hydroxyl groups excluding tert-OH is 2. The molecule has 4 atom stereocenters. The smallest absolute Gasteiger partial charge is 0.272 e. The molecule has 19 heteroatoms. The molecule has 0 aliphatic carbocycles. The molecule has 308 valence electrons. The van der Waals surface area contributed by atoms with Crippen molar-refractivity contribution in [1.82, 2.24) is 36.2 Å². The summed E-state index contributed by atoms with van der Waals surface area (Å²) in [5.41, 5.74) is 15.3. The van der Waals surface area contributed by atoms with Gasteiger partial charge in [0.1, 0.15) is 29.2 Å². The highest BCUT2D eigenvalue weighted by Crippen LogP contribution is 2.24. The normalized spacial score (nSPS) is 13.3. The van der Waals surface area contributed by atoms with E-state index < -0.39 is 53.8 Å². The molecule has 0 fully saturated rings. The molecule has 59 heavy (non-hydrogen) atoms. The Hall–Kier alpha value is -7.06. The maximum absolute atomic E-state index is 13.3. The van der Waals surface area contributed by atoms with E-state index in [9.17, 15) is 39.0 Å². The number of aromatic nitrogens is 3. The minimum Gasteiger partial charge on any atom is -0.391 e. The number of rotatable bonds is 16. The van der Waals surface area contributed by atoms with Crippen LogP contribution in [0, 0.1) is 0 Å². The van der Waals surface area contributed by atoms with E-state index in [1.165, 1.54) is 13.8 Å². The van der Waals surface area contributed by atoms with Gasteiger partial charge in [-0.25, -0.2) is 0 Å². The number of nitrogens with two attached hydrogens (primary N) is 2. The molecule has 6 aromatic rings. The summed E-state index contributed by atoms with van der Waals surface area (Å²) in [7, 11) is 0. The first-order chi connectivity index (χ1) is 28.2. The zero-order chi connectivity index (χ0) is 42.4. The summed E-state index contributed by atoms with van der Waals surface area (Å²) in [5, 5.41) is 37.0. The molecule has 0 aliphatic rings. The monoisotopic (exact) mass is 807 g/mol. The highest BCUT2D eigenvalue weighted by atomic mass is 16.3. The molecule has 19 nitrogen and oxygen atoms in total. The Balaban J connectivity index is 1.02. The van der Waals surface area contributed by atoms with Gasteiger partial charge in [-0.1, -0.05) is 0 Å². The van der Waals surface area contributed by atoms with Crippen molar-refractivity contribution in [3.05, 3.63) is 95.4 Å². The second kappa shape index (κ2) is 18.0. The minimum absolute atomic E-state index is 0.123. The number of carbonyl (C=O) groups excluding carboxylic acids is 6. The van der Waals surface area contributed by atoms with Crippen LogP contribution in [0.2, 0.25) is 0 Å². The van der Waals surface area contributed by atoms with E-state index in [2.05, 4.69) is 46.9 Å². The summed E-state index contributed by atoms with van der Waals surface area (Å²) in [6, 6.07) is 18.0. The van der Waals surface area contributed by atoms with Crippen LogP contribution in [0.3, 0.4) is 0 Å². The molecule has 0 aliphatic heterocycles. The Morgan fingerprint density at radius 1 is 0.508 bits per heavy atom. The lowest BCUT2D eigenvalue weighted by atomic mass is 10.1. The number of nitrogens with one attached hydrogen (secondary N) is 9. The average molecular weight is 808 g/mol. The summed E-state index contributed by atoms with van der Waals surface area (Å²) >= 11 is 0. The van der Waals surface area contributed by atoms with Gasteiger partial charge >= 0.3 is 0 Å². The third-order valence-corrected chi connectivity index (χ3v) is 9.44. The zero-order valence-corrected chi connectivity index (χ0v) is 32.1. The number of H-pyrrole nitrogens is 3. The van der Waals surface area contributed by atoms with Crippen LogP contribution in [-0.2, 0) is 9.59 Å². The average Bonchev–Trinajstić information content (AvgIpc) is 3.96. The van der Waals surface area contributed by atoms with E-state index in [0.29, 0.717) is 49.6 Å². The molecule has 3 aromatic heterocycles. The van der Waals surface area contributed by atoms with Crippen molar-refractivity contribution in [3.8, 4) is 0 Å². The van der Waals surface area contributed by atoms with E-state index in [-0.39, 0.29) is 49.2 Å². The SMILES string of the molecule is CC(O)[C@H](N)C(=O)NCCNC(=O)c1cc2cc(NC(=O)c3ccc4[nH]c(C(=O)Nc5ccc6[nH]c(C(=O)NCCNC(=O)[C@@H](N)C(C)O)cc6c5)cc4c3)ccc2[nH]1. The molecule has 0 saturated heterocycles. The van der Waals surface area contributed by atoms with Gasteiger partial charge in [0.2, 0.25) is 11.8 Å². The number of hydrogen-bond donors (Lipinski definition) is 13. The van der Waals surface area contributed by atoms with Crippen LogP contribution in [0.5, 0.6) is 0 Å². The fourth-order valence-electron chi connectivity index (χ4n) is 6.05. The zero-order valence-electron chi connectivity index (χ0n) is 32.1. The molecule has 0 radical (unpaired) electrons. The number of amides is 6. The standard InChI is InChI=1S/C40H45N11O8/c1-19(52)33(41)39(58)45-11-9-43-36(55)30-17-23-14-25(4-7-28(23)49-30)47-35(54)21-3-6-27-22(13-21)16-32(51-27)38(57)48-26-5-8-29-24(15-26)18-31(50-29)37(56)44-10-12-46-40(59)34(42)20(2)53/h3-8,13-20,33-34,49-53H,9-12,41-42H2,1-2H3,(H,43,55)(H,44,56)(H,45,58)(H,46,59)(H,47,54)(H,48,57)/t19?,20?,33-,34-/m0/s1. The molecular formula is C40H45N11O8. The Morgan fingerprint density at radius 3 is 1.32 bits per heavy atom. The van der Waals surface area contributed by atoms with Gasteiger partial charge in [0.25, 0.3) is 23.6 Å². The summed E-state index contributed by atoms with van der Waals surface area (Å²) in [6.45, 7) is 3.34. The van der Waals surface area contributed by atoms with Gasteiger partial charge in [-0.3, -0.25) is 28.8 Å². The lowest BCUT2D eigenvalue weighted by Gasteiger charge is -2.14. The Morgan fingerprint density at radius 2 is 0.881 bits per heavy atom. The predicted molar refractivity (Wildman–Crippen MR) is 221 cm³/mol. The quantitative estimate of drug-likeness (QED) is 0.0609. The van der Waals surface area contributed by atoms with Gasteiger partial charge in [-0.2, -0.15) is 0 Å². The van der Waals surface area contributed by atoms with E-state index in [0.717, 1.165) is 0 Å². The van der Waals surface area contributed by atoms with Crippen LogP contribution in [0.1, 0.15) is 55.7 Å². The van der Waals surface area contributed by atoms with E-state index in [4.69, 9.17) is 11.5 Å². The Bertz CT molecular complexity index is 2420. The van der Waals surface area contributed by atoms with Crippen molar-refractivity contribution in [2.45, 2.75) is 38.1 Å². The largest absolute Gasteiger partial charge is 0.391 e. The van der Waals surface area contributed by atoms with Crippen LogP contribution in [0.25, 0.3) is 32.7 Å². The highest BCUT2D eigenvalue weighted by molar-refractivity contribution is 6.10. The first-order valence-corrected chi connectivity index (χ1v) is 18.7. The number of carbonyl (C=O) groups is 6. The number of anilines is 2. The molecule has 0 bridgehead atoms. The van der Waals surface area contributed by atoms with Crippen LogP contribution >= 0.6 is 0 Å². The van der Waals surface area contributed by atoms with Gasteiger partial charge in [0.15, 0.2) is 0 Å². The maximum atomic E-state index is 13.3. The number of aromatic amines is 3. The second-order valence-corrected chi connectivity index (χ2v) is 14.0. The van der Waals surface area contributed by atoms with Gasteiger partial charge in [0, 0.05) is 75.8 Å². The second-order valence-electron chi connectivity index (χ2n) is 14.0. The maximum Gasteiger partial charge on any atom is 0.272 e. The summed E-state index contributed by atoms with van der Waals surface area (Å²) in [5.74, 6) is -2.66. The molecular weight excluding hydrogens is 763 g/mol. The fourth-order valence-corrected chi connectivity index (χ4v) is 6.05. The number of fused-ring (bicyclic) bond motifs is 3. The summed E-state index contributed by atoms with van der Waals surface area (Å²) in [4.78, 5) is 84.8. The fraction of sp³-hybridized carbons (Fsp3) is 0.250. The van der Waals surface area contributed by atoms with Gasteiger partial charge in [0.05, 0.1) is 12.2 Å². The van der Waals surface area contributed by atoms with Gasteiger partial charge in [-0.05, 0) is 86.6 Å². The lowest BCUT2D eigenvalue weighted by molar-refractivity contribution is -0.125. The van der Waals surface area contributed by atoms with Crippen LogP contribution < -0.4 is 43.4 Å².